The molecule has 0 saturated carbocycles. The molecule has 2 aromatic rings. The third kappa shape index (κ3) is 5.71. The second-order valence-corrected chi connectivity index (χ2v) is 6.40. The quantitative estimate of drug-likeness (QED) is 0.728. The Morgan fingerprint density at radius 2 is 2.16 bits per heavy atom. The lowest BCUT2D eigenvalue weighted by atomic mass is 10.1. The number of rotatable bonds is 7. The number of nitrogens with one attached hydrogen (secondary N) is 2. The van der Waals surface area contributed by atoms with E-state index in [-0.39, 0.29) is 18.1 Å². The summed E-state index contributed by atoms with van der Waals surface area (Å²) in [6.45, 7) is 4.53. The number of aryl methyl sites for hydroxylation is 1. The number of carbonyl (C=O) groups excluding carboxylic acids is 3. The van der Waals surface area contributed by atoms with Gasteiger partial charge in [0.2, 0.25) is 5.91 Å². The first kappa shape index (κ1) is 18.7. The van der Waals surface area contributed by atoms with Gasteiger partial charge in [-0.3, -0.25) is 14.4 Å². The van der Waals surface area contributed by atoms with Crippen LogP contribution in [0, 0.1) is 6.92 Å². The summed E-state index contributed by atoms with van der Waals surface area (Å²) in [7, 11) is 0. The molecule has 2 heterocycles. The van der Waals surface area contributed by atoms with Crippen LogP contribution in [0.5, 0.6) is 0 Å². The zero-order chi connectivity index (χ0) is 18.4. The normalized spacial score (nSPS) is 12.9. The SMILES string of the molecule is CC(=O)N[C@H](CC(=O)O[C@H](C)C(=O)Nc1cc(C)on1)c1cccs1. The van der Waals surface area contributed by atoms with E-state index in [1.165, 1.54) is 25.2 Å². The van der Waals surface area contributed by atoms with Crippen molar-refractivity contribution < 1.29 is 23.6 Å². The summed E-state index contributed by atoms with van der Waals surface area (Å²) < 4.78 is 9.99. The van der Waals surface area contributed by atoms with E-state index in [4.69, 9.17) is 9.26 Å². The largest absolute Gasteiger partial charge is 0.452 e. The van der Waals surface area contributed by atoms with E-state index in [1.54, 1.807) is 13.0 Å². The van der Waals surface area contributed by atoms with Crippen molar-refractivity contribution in [2.45, 2.75) is 39.3 Å². The smallest absolute Gasteiger partial charge is 0.309 e. The van der Waals surface area contributed by atoms with Crippen LogP contribution in [0.25, 0.3) is 0 Å². The fourth-order valence-electron chi connectivity index (χ4n) is 2.08. The maximum absolute atomic E-state index is 12.1. The highest BCUT2D eigenvalue weighted by Crippen LogP contribution is 2.22. The highest BCUT2D eigenvalue weighted by molar-refractivity contribution is 7.10. The van der Waals surface area contributed by atoms with Gasteiger partial charge in [0.05, 0.1) is 12.5 Å². The van der Waals surface area contributed by atoms with E-state index in [0.717, 1.165) is 4.88 Å². The Morgan fingerprint density at radius 1 is 1.40 bits per heavy atom. The summed E-state index contributed by atoms with van der Waals surface area (Å²) >= 11 is 1.42. The molecule has 2 rings (SSSR count). The summed E-state index contributed by atoms with van der Waals surface area (Å²) in [5.74, 6) is -0.562. The van der Waals surface area contributed by atoms with E-state index in [0.29, 0.717) is 5.76 Å². The van der Waals surface area contributed by atoms with Crippen LogP contribution in [0.3, 0.4) is 0 Å². The molecule has 0 radical (unpaired) electrons. The molecular formula is C16H19N3O5S. The number of amides is 2. The van der Waals surface area contributed by atoms with Gasteiger partial charge in [-0.05, 0) is 25.3 Å². The number of anilines is 1. The third-order valence-electron chi connectivity index (χ3n) is 3.19. The van der Waals surface area contributed by atoms with Gasteiger partial charge < -0.3 is 19.9 Å². The molecule has 0 aliphatic rings. The molecule has 25 heavy (non-hydrogen) atoms. The molecule has 9 heteroatoms. The third-order valence-corrected chi connectivity index (χ3v) is 4.18. The van der Waals surface area contributed by atoms with Crippen LogP contribution in [0.4, 0.5) is 5.82 Å². The predicted molar refractivity (Wildman–Crippen MR) is 90.9 cm³/mol. The summed E-state index contributed by atoms with van der Waals surface area (Å²) in [5, 5.41) is 10.7. The zero-order valence-electron chi connectivity index (χ0n) is 14.1. The molecule has 0 spiro atoms. The van der Waals surface area contributed by atoms with E-state index in [9.17, 15) is 14.4 Å². The zero-order valence-corrected chi connectivity index (χ0v) is 14.9. The number of esters is 1. The van der Waals surface area contributed by atoms with Crippen LogP contribution in [-0.4, -0.2) is 29.0 Å². The van der Waals surface area contributed by atoms with Gasteiger partial charge in [-0.15, -0.1) is 11.3 Å². The van der Waals surface area contributed by atoms with Crippen LogP contribution in [-0.2, 0) is 19.1 Å². The van der Waals surface area contributed by atoms with Crippen molar-refractivity contribution >= 4 is 34.9 Å². The van der Waals surface area contributed by atoms with Gasteiger partial charge in [0.15, 0.2) is 11.9 Å². The summed E-state index contributed by atoms with van der Waals surface area (Å²) in [5.41, 5.74) is 0. The Bertz CT molecular complexity index is 741. The number of ether oxygens (including phenoxy) is 1. The Labute approximate surface area is 148 Å². The predicted octanol–water partition coefficient (Wildman–Crippen LogP) is 2.18. The minimum atomic E-state index is -1.01. The van der Waals surface area contributed by atoms with Crippen LogP contribution in [0.1, 0.15) is 36.9 Å². The van der Waals surface area contributed by atoms with E-state index in [1.807, 2.05) is 17.5 Å². The standard InChI is InChI=1S/C16H19N3O5S/c1-9-7-14(19-24-9)18-16(22)10(2)23-15(21)8-12(17-11(3)20)13-5-4-6-25-13/h4-7,10,12H,8H2,1-3H3,(H,17,20)(H,18,19,22)/t10-,12-/m1/s1. The van der Waals surface area contributed by atoms with Crippen molar-refractivity contribution in [3.8, 4) is 0 Å². The number of aromatic nitrogens is 1. The van der Waals surface area contributed by atoms with Gasteiger partial charge in [-0.25, -0.2) is 0 Å². The first-order chi connectivity index (χ1) is 11.8. The molecule has 2 amide bonds. The fourth-order valence-corrected chi connectivity index (χ4v) is 2.85. The minimum absolute atomic E-state index is 0.0687. The molecular weight excluding hydrogens is 346 g/mol. The average molecular weight is 365 g/mol. The molecule has 0 bridgehead atoms. The molecule has 2 aromatic heterocycles. The lowest BCUT2D eigenvalue weighted by molar-refractivity contribution is -0.153. The van der Waals surface area contributed by atoms with Crippen molar-refractivity contribution in [1.29, 1.82) is 0 Å². The number of thiophene rings is 1. The molecule has 2 atom stereocenters. The maximum Gasteiger partial charge on any atom is 0.309 e. The Kier molecular flexibility index (Phi) is 6.29. The average Bonchev–Trinajstić information content (AvgIpc) is 3.17. The van der Waals surface area contributed by atoms with Crippen LogP contribution in [0.2, 0.25) is 0 Å². The van der Waals surface area contributed by atoms with Crippen molar-refractivity contribution in [2.24, 2.45) is 0 Å². The lowest BCUT2D eigenvalue weighted by Crippen LogP contribution is -2.32. The first-order valence-electron chi connectivity index (χ1n) is 7.59. The maximum atomic E-state index is 12.1. The summed E-state index contributed by atoms with van der Waals surface area (Å²) in [6.07, 6.45) is -1.08. The van der Waals surface area contributed by atoms with Crippen molar-refractivity contribution in [1.82, 2.24) is 10.5 Å². The van der Waals surface area contributed by atoms with Crippen LogP contribution >= 0.6 is 11.3 Å². The van der Waals surface area contributed by atoms with Gasteiger partial charge in [-0.1, -0.05) is 11.2 Å². The van der Waals surface area contributed by atoms with E-state index < -0.39 is 24.0 Å². The van der Waals surface area contributed by atoms with Crippen molar-refractivity contribution in [3.05, 3.63) is 34.2 Å². The van der Waals surface area contributed by atoms with Crippen LogP contribution in [0.15, 0.2) is 28.1 Å². The van der Waals surface area contributed by atoms with Gasteiger partial charge >= 0.3 is 5.97 Å². The molecule has 0 aliphatic carbocycles. The summed E-state index contributed by atoms with van der Waals surface area (Å²) in [4.78, 5) is 36.3. The van der Waals surface area contributed by atoms with Gasteiger partial charge in [0.1, 0.15) is 5.76 Å². The Morgan fingerprint density at radius 3 is 2.72 bits per heavy atom. The highest BCUT2D eigenvalue weighted by atomic mass is 32.1. The van der Waals surface area contributed by atoms with Gasteiger partial charge in [0, 0.05) is 17.9 Å². The number of nitrogens with zero attached hydrogens (tertiary/aromatic N) is 1. The second kappa shape index (κ2) is 8.43. The number of hydrogen-bond donors (Lipinski definition) is 2. The number of carbonyl (C=O) groups is 3. The first-order valence-corrected chi connectivity index (χ1v) is 8.47. The second-order valence-electron chi connectivity index (χ2n) is 5.42. The molecule has 2 N–H and O–H groups in total. The van der Waals surface area contributed by atoms with Crippen molar-refractivity contribution in [3.63, 3.8) is 0 Å². The minimum Gasteiger partial charge on any atom is -0.452 e. The molecule has 0 aromatic carbocycles. The van der Waals surface area contributed by atoms with Crippen molar-refractivity contribution in [2.75, 3.05) is 5.32 Å². The molecule has 0 unspecified atom stereocenters. The van der Waals surface area contributed by atoms with Crippen LogP contribution < -0.4 is 10.6 Å². The fraction of sp³-hybridized carbons (Fsp3) is 0.375. The topological polar surface area (TPSA) is 111 Å². The van der Waals surface area contributed by atoms with Gasteiger partial charge in [-0.2, -0.15) is 0 Å². The molecule has 0 aliphatic heterocycles. The number of hydrogen-bond acceptors (Lipinski definition) is 7. The molecule has 8 nitrogen and oxygen atoms in total. The molecule has 134 valence electrons. The Balaban J connectivity index is 1.90. The Hall–Kier alpha value is -2.68. The molecule has 0 fully saturated rings. The van der Waals surface area contributed by atoms with Gasteiger partial charge in [0.25, 0.3) is 5.91 Å². The highest BCUT2D eigenvalue weighted by Gasteiger charge is 2.23. The van der Waals surface area contributed by atoms with E-state index >= 15 is 0 Å². The molecule has 0 saturated heterocycles. The lowest BCUT2D eigenvalue weighted by Gasteiger charge is -2.17. The monoisotopic (exact) mass is 365 g/mol. The van der Waals surface area contributed by atoms with E-state index in [2.05, 4.69) is 15.8 Å². The summed E-state index contributed by atoms with van der Waals surface area (Å²) in [6, 6.07) is 4.71.